The molecule has 0 aromatic rings. The molecule has 12 nitrogen and oxygen atoms in total. The number of nitrogens with one attached hydrogen (secondary N) is 1. The van der Waals surface area contributed by atoms with Gasteiger partial charge >= 0.3 is 0 Å². The molecule has 0 radical (unpaired) electrons. The van der Waals surface area contributed by atoms with Crippen LogP contribution in [0.4, 0.5) is 0 Å². The fourth-order valence-electron chi connectivity index (χ4n) is 11.0. The van der Waals surface area contributed by atoms with Gasteiger partial charge in [-0.15, -0.1) is 0 Å². The monoisotopic (exact) mass is 852 g/mol. The van der Waals surface area contributed by atoms with Crippen molar-refractivity contribution in [1.29, 1.82) is 0 Å². The summed E-state index contributed by atoms with van der Waals surface area (Å²) in [6.07, 6.45) is 7.69. The second-order valence-corrected chi connectivity index (χ2v) is 24.4. The lowest BCUT2D eigenvalue weighted by Crippen LogP contribution is -2.63. The summed E-state index contributed by atoms with van der Waals surface area (Å²) in [7, 11) is -2.17. The minimum absolute atomic E-state index is 0.0204. The molecular weight excluding hydrogens is 771 g/mol. The predicted octanol–water partition coefficient (Wildman–Crippen LogP) is 6.56. The van der Waals surface area contributed by atoms with Gasteiger partial charge in [-0.2, -0.15) is 0 Å². The summed E-state index contributed by atoms with van der Waals surface area (Å²) >= 11 is 0. The molecule has 1 unspecified atom stereocenters. The minimum atomic E-state index is -2.17. The third-order valence-corrected chi connectivity index (χ3v) is 16.9. The Morgan fingerprint density at radius 1 is 0.949 bits per heavy atom. The van der Waals surface area contributed by atoms with Gasteiger partial charge in [0.05, 0.1) is 53.7 Å². The summed E-state index contributed by atoms with van der Waals surface area (Å²) in [5.74, 6) is -4.63. The number of ether oxygens (including phenoxy) is 5. The van der Waals surface area contributed by atoms with E-state index in [9.17, 15) is 29.7 Å². The highest BCUT2D eigenvalue weighted by Gasteiger charge is 2.63. The van der Waals surface area contributed by atoms with Crippen molar-refractivity contribution in [3.05, 3.63) is 12.2 Å². The lowest BCUT2D eigenvalue weighted by molar-refractivity contribution is -0.409. The van der Waals surface area contributed by atoms with Crippen LogP contribution in [0.2, 0.25) is 19.1 Å². The van der Waals surface area contributed by atoms with Gasteiger partial charge in [0.15, 0.2) is 14.1 Å². The van der Waals surface area contributed by atoms with E-state index in [0.29, 0.717) is 51.5 Å². The number of carbonyl (C=O) groups is 2. The Bertz CT molecular complexity index is 1460. The Hall–Kier alpha value is -1.26. The summed E-state index contributed by atoms with van der Waals surface area (Å²) in [6.45, 7) is 22.2. The number of aliphatic hydroxyl groups excluding tert-OH is 2. The fourth-order valence-corrected chi connectivity index (χ4v) is 12.1. The predicted molar refractivity (Wildman–Crippen MR) is 229 cm³/mol. The van der Waals surface area contributed by atoms with Crippen LogP contribution in [0, 0.1) is 35.5 Å². The quantitative estimate of drug-likeness (QED) is 0.0647. The van der Waals surface area contributed by atoms with Crippen LogP contribution >= 0.6 is 0 Å². The molecule has 340 valence electrons. The second kappa shape index (κ2) is 19.2. The molecular formula is C46H81NO11Si. The molecule has 17 atom stereocenters. The van der Waals surface area contributed by atoms with Crippen LogP contribution in [-0.2, 0) is 33.3 Å². The van der Waals surface area contributed by atoms with E-state index < -0.39 is 61.2 Å². The average molecular weight is 852 g/mol. The van der Waals surface area contributed by atoms with Gasteiger partial charge in [0.2, 0.25) is 11.7 Å². The van der Waals surface area contributed by atoms with Crippen molar-refractivity contribution in [3.8, 4) is 0 Å². The number of rotatable bonds is 16. The first-order valence-corrected chi connectivity index (χ1v) is 26.4. The molecule has 0 aromatic heterocycles. The van der Waals surface area contributed by atoms with Gasteiger partial charge in [0, 0.05) is 36.6 Å². The third-order valence-electron chi connectivity index (χ3n) is 15.3. The van der Waals surface area contributed by atoms with Gasteiger partial charge in [-0.3, -0.25) is 9.59 Å². The number of ketones is 1. The van der Waals surface area contributed by atoms with Gasteiger partial charge < -0.3 is 49.1 Å². The third kappa shape index (κ3) is 10.4. The highest BCUT2D eigenvalue weighted by molar-refractivity contribution is 6.69. The summed E-state index contributed by atoms with van der Waals surface area (Å²) < 4.78 is 33.8. The number of carbonyl (C=O) groups excluding carboxylic acids is 2. The Morgan fingerprint density at radius 2 is 1.63 bits per heavy atom. The van der Waals surface area contributed by atoms with E-state index in [4.69, 9.17) is 23.7 Å². The first-order valence-electron chi connectivity index (χ1n) is 23.3. The van der Waals surface area contributed by atoms with Crippen LogP contribution in [0.1, 0.15) is 139 Å². The largest absolute Gasteiger partial charge is 0.432 e. The van der Waals surface area contributed by atoms with Crippen molar-refractivity contribution >= 4 is 20.0 Å². The molecule has 0 aliphatic carbocycles. The average Bonchev–Trinajstić information content (AvgIpc) is 3.54. The van der Waals surface area contributed by atoms with E-state index in [1.165, 1.54) is 0 Å². The molecule has 0 saturated carbocycles. The first kappa shape index (κ1) is 48.8. The van der Waals surface area contributed by atoms with Gasteiger partial charge in [0.25, 0.3) is 0 Å². The number of hydrogen-bond acceptors (Lipinski definition) is 11. The molecule has 0 aromatic carbocycles. The van der Waals surface area contributed by atoms with Crippen molar-refractivity contribution in [2.24, 2.45) is 35.5 Å². The summed E-state index contributed by atoms with van der Waals surface area (Å²) in [6, 6.07) is 0.732. The molecule has 5 heterocycles. The SMILES string of the molecule is CC[C@@H](C(=O)[C@@H](C)[C@@H](O)[C@H](C)[C@H]1CCC[C@H]([C@@H](CC)C(=O)NCCC[Si](C)(C)O)O1)[C@H]1O[C@]2(C=C[C@@H](O)C3(CC[C@@](C)([C@H]4CC[C@](O)(CC)[C@H](C)O4)O3)O2)[C@H](C)C[C@@H]1C. The van der Waals surface area contributed by atoms with Gasteiger partial charge in [0.1, 0.15) is 11.9 Å². The lowest BCUT2D eigenvalue weighted by atomic mass is 9.73. The normalized spacial score (nSPS) is 41.7. The van der Waals surface area contributed by atoms with Crippen molar-refractivity contribution in [1.82, 2.24) is 5.32 Å². The van der Waals surface area contributed by atoms with E-state index in [1.54, 1.807) is 6.08 Å². The maximum atomic E-state index is 14.5. The highest BCUT2D eigenvalue weighted by atomic mass is 28.4. The van der Waals surface area contributed by atoms with E-state index in [0.717, 1.165) is 38.1 Å². The van der Waals surface area contributed by atoms with Crippen LogP contribution in [-0.4, -0.2) is 112 Å². The van der Waals surface area contributed by atoms with Gasteiger partial charge in [-0.1, -0.05) is 48.5 Å². The molecule has 4 fully saturated rings. The molecule has 0 bridgehead atoms. The number of aliphatic hydroxyl groups is 3. The maximum Gasteiger partial charge on any atom is 0.225 e. The van der Waals surface area contributed by atoms with Crippen molar-refractivity contribution in [2.75, 3.05) is 6.54 Å². The van der Waals surface area contributed by atoms with Crippen LogP contribution in [0.5, 0.6) is 0 Å². The maximum absolute atomic E-state index is 14.5. The van der Waals surface area contributed by atoms with E-state index in [2.05, 4.69) is 19.2 Å². The summed E-state index contributed by atoms with van der Waals surface area (Å²) in [5.41, 5.74) is -1.63. The molecule has 5 N–H and O–H groups in total. The summed E-state index contributed by atoms with van der Waals surface area (Å²) in [4.78, 5) is 38.0. The van der Waals surface area contributed by atoms with Crippen molar-refractivity contribution in [3.63, 3.8) is 0 Å². The van der Waals surface area contributed by atoms with Crippen molar-refractivity contribution in [2.45, 2.75) is 224 Å². The fraction of sp³-hybridized carbons (Fsp3) is 0.913. The topological polar surface area (TPSA) is 173 Å². The lowest BCUT2D eigenvalue weighted by Gasteiger charge is -2.54. The molecule has 13 heteroatoms. The van der Waals surface area contributed by atoms with E-state index >= 15 is 0 Å². The molecule has 5 aliphatic rings. The smallest absolute Gasteiger partial charge is 0.225 e. The zero-order valence-electron chi connectivity index (χ0n) is 38.2. The Kier molecular flexibility index (Phi) is 15.9. The van der Waals surface area contributed by atoms with Crippen LogP contribution in [0.25, 0.3) is 0 Å². The Morgan fingerprint density at radius 3 is 2.25 bits per heavy atom. The van der Waals surface area contributed by atoms with Gasteiger partial charge in [-0.25, -0.2) is 0 Å². The molecule has 59 heavy (non-hydrogen) atoms. The van der Waals surface area contributed by atoms with Crippen LogP contribution in [0.3, 0.4) is 0 Å². The van der Waals surface area contributed by atoms with Gasteiger partial charge in [-0.05, 0) is 122 Å². The van der Waals surface area contributed by atoms with Crippen molar-refractivity contribution < 1.29 is 53.4 Å². The van der Waals surface area contributed by atoms with Crippen LogP contribution < -0.4 is 5.32 Å². The molecule has 5 rings (SSSR count). The first-order chi connectivity index (χ1) is 27.6. The highest BCUT2D eigenvalue weighted by Crippen LogP contribution is 2.54. The Balaban J connectivity index is 1.24. The second-order valence-electron chi connectivity index (χ2n) is 20.2. The van der Waals surface area contributed by atoms with E-state index in [-0.39, 0.29) is 59.8 Å². The zero-order chi connectivity index (χ0) is 43.7. The zero-order valence-corrected chi connectivity index (χ0v) is 39.2. The Labute approximate surface area is 356 Å². The standard InChI is InChI=1S/C46H81NO11Si/c1-12-33(42(51)47-25-16-26-59(10,11)53)36-18-15-17-35(55-36)30(6)39(49)31(7)40(50)34(13-2)41-28(4)27-29(5)45(56-41)22-19-37(48)46(58-45)24-23-43(9,57-46)38-20-21-44(52,14-3)32(8)54-38/h19,22,28-39,41,48-49,52-53H,12-18,20-21,23-27H2,1-11H3,(H,47,51)/t28-,29+,30+,31-,32-,33+,34-,35+,36+,37+,38+,39-,41-,43-,44+,45-,46?/m0/s1. The van der Waals surface area contributed by atoms with Crippen LogP contribution in [0.15, 0.2) is 12.2 Å². The number of amides is 1. The van der Waals surface area contributed by atoms with E-state index in [1.807, 2.05) is 67.6 Å². The minimum Gasteiger partial charge on any atom is -0.432 e. The molecule has 1 amide bonds. The number of hydrogen-bond donors (Lipinski definition) is 5. The molecule has 2 spiro atoms. The molecule has 4 saturated heterocycles. The summed E-state index contributed by atoms with van der Waals surface area (Å²) in [5, 5.41) is 37.4. The molecule has 5 aliphatic heterocycles. The number of Topliss-reactive ketones (excluding diaryl/α,β-unsaturated/α-hetero) is 1.